The second-order valence-corrected chi connectivity index (χ2v) is 8.06. The Morgan fingerprint density at radius 1 is 1.15 bits per heavy atom. The van der Waals surface area contributed by atoms with Gasteiger partial charge < -0.3 is 19.8 Å². The van der Waals surface area contributed by atoms with E-state index >= 15 is 0 Å². The molecule has 0 aliphatic carbocycles. The van der Waals surface area contributed by atoms with Gasteiger partial charge in [0.15, 0.2) is 11.5 Å². The van der Waals surface area contributed by atoms with E-state index in [1.165, 1.54) is 11.0 Å². The lowest BCUT2D eigenvalue weighted by Gasteiger charge is -2.26. The van der Waals surface area contributed by atoms with Crippen LogP contribution in [0, 0.1) is 11.6 Å². The highest BCUT2D eigenvalue weighted by atomic mass is 19.1. The number of fused-ring (bicyclic) bond motifs is 1. The van der Waals surface area contributed by atoms with Gasteiger partial charge in [0.1, 0.15) is 30.7 Å². The van der Waals surface area contributed by atoms with E-state index in [0.717, 1.165) is 18.1 Å². The van der Waals surface area contributed by atoms with Gasteiger partial charge >= 0.3 is 0 Å². The molecule has 7 nitrogen and oxygen atoms in total. The van der Waals surface area contributed by atoms with Crippen molar-refractivity contribution in [2.24, 2.45) is 10.8 Å². The molecule has 1 heterocycles. The summed E-state index contributed by atoms with van der Waals surface area (Å²) in [6.45, 7) is 6.55. The first kappa shape index (κ1) is 24.4. The number of unbranched alkanes of at least 4 members (excludes halogenated alkanes) is 1. The number of hydrazine groups is 1. The number of benzene rings is 2. The maximum atomic E-state index is 15.0. The first-order valence-corrected chi connectivity index (χ1v) is 11.1. The number of aliphatic imine (C=N–C) groups is 1. The van der Waals surface area contributed by atoms with Gasteiger partial charge in [-0.2, -0.15) is 0 Å². The molecule has 3 rings (SSSR count). The molecule has 0 aromatic heterocycles. The fourth-order valence-corrected chi connectivity index (χ4v) is 3.51. The van der Waals surface area contributed by atoms with E-state index < -0.39 is 11.6 Å². The van der Waals surface area contributed by atoms with Crippen LogP contribution in [0.2, 0.25) is 0 Å². The van der Waals surface area contributed by atoms with Crippen molar-refractivity contribution in [3.63, 3.8) is 0 Å². The molecule has 1 aliphatic rings. The average molecular weight is 461 g/mol. The molecular formula is C24H30F2N4O3. The van der Waals surface area contributed by atoms with E-state index in [0.29, 0.717) is 31.1 Å². The summed E-state index contributed by atoms with van der Waals surface area (Å²) in [6, 6.07) is 7.17. The summed E-state index contributed by atoms with van der Waals surface area (Å²) < 4.78 is 40.8. The van der Waals surface area contributed by atoms with E-state index in [1.807, 2.05) is 20.8 Å². The SMILES string of the molecule is CCCCC(=O)N(Cc1ccc2c(c1)OCCO2)c1cc(C(=NC(C)C)NN)c(F)cc1F. The number of nitrogens with zero attached hydrogens (tertiary/aromatic N) is 2. The minimum Gasteiger partial charge on any atom is -0.486 e. The van der Waals surface area contributed by atoms with Crippen LogP contribution in [0.25, 0.3) is 0 Å². The van der Waals surface area contributed by atoms with E-state index in [-0.39, 0.29) is 42.0 Å². The standard InChI is InChI=1S/C24H30F2N4O3/c1-4-5-6-23(31)30(14-16-7-8-21-22(11-16)33-10-9-32-21)20-12-17(18(25)13-19(20)26)24(29-27)28-15(2)3/h7-8,11-13,15H,4-6,9-10,14,27H2,1-3H3,(H,28,29). The number of nitrogens with two attached hydrogens (primary N) is 1. The molecule has 178 valence electrons. The van der Waals surface area contributed by atoms with Gasteiger partial charge in [-0.1, -0.05) is 19.4 Å². The maximum absolute atomic E-state index is 15.0. The highest BCUT2D eigenvalue weighted by molar-refractivity contribution is 6.01. The monoisotopic (exact) mass is 460 g/mol. The number of ether oxygens (including phenoxy) is 2. The fourth-order valence-electron chi connectivity index (χ4n) is 3.51. The zero-order valence-electron chi connectivity index (χ0n) is 19.2. The Morgan fingerprint density at radius 3 is 2.55 bits per heavy atom. The lowest BCUT2D eigenvalue weighted by atomic mass is 10.1. The number of anilines is 1. The lowest BCUT2D eigenvalue weighted by molar-refractivity contribution is -0.118. The van der Waals surface area contributed by atoms with Crippen LogP contribution in [0.3, 0.4) is 0 Å². The van der Waals surface area contributed by atoms with Crippen LogP contribution in [0.5, 0.6) is 11.5 Å². The predicted molar refractivity (Wildman–Crippen MR) is 124 cm³/mol. The molecule has 1 amide bonds. The molecule has 0 unspecified atom stereocenters. The molecule has 0 bridgehead atoms. The third kappa shape index (κ3) is 5.98. The second-order valence-electron chi connectivity index (χ2n) is 8.06. The van der Waals surface area contributed by atoms with Crippen molar-refractivity contribution < 1.29 is 23.0 Å². The van der Waals surface area contributed by atoms with Crippen molar-refractivity contribution in [2.45, 2.75) is 52.6 Å². The summed E-state index contributed by atoms with van der Waals surface area (Å²) in [5.74, 6) is 4.87. The number of amidine groups is 1. The molecule has 0 spiro atoms. The summed E-state index contributed by atoms with van der Waals surface area (Å²) in [7, 11) is 0. The molecule has 2 aromatic rings. The third-order valence-corrected chi connectivity index (χ3v) is 5.10. The molecular weight excluding hydrogens is 430 g/mol. The summed E-state index contributed by atoms with van der Waals surface area (Å²) in [4.78, 5) is 18.7. The number of nitrogens with one attached hydrogen (secondary N) is 1. The van der Waals surface area contributed by atoms with Gasteiger partial charge in [0.2, 0.25) is 5.91 Å². The van der Waals surface area contributed by atoms with Crippen molar-refractivity contribution >= 4 is 17.4 Å². The normalized spacial score (nSPS) is 13.2. The molecule has 33 heavy (non-hydrogen) atoms. The van der Waals surface area contributed by atoms with Crippen molar-refractivity contribution in [3.05, 3.63) is 53.1 Å². The van der Waals surface area contributed by atoms with Crippen LogP contribution in [0.1, 0.15) is 51.2 Å². The zero-order chi connectivity index (χ0) is 24.0. The van der Waals surface area contributed by atoms with Crippen molar-refractivity contribution in [1.29, 1.82) is 0 Å². The molecule has 3 N–H and O–H groups in total. The summed E-state index contributed by atoms with van der Waals surface area (Å²) in [5.41, 5.74) is 3.04. The van der Waals surface area contributed by atoms with Crippen LogP contribution in [0.15, 0.2) is 35.3 Å². The highest BCUT2D eigenvalue weighted by Crippen LogP contribution is 2.33. The first-order valence-electron chi connectivity index (χ1n) is 11.1. The van der Waals surface area contributed by atoms with Crippen LogP contribution >= 0.6 is 0 Å². The molecule has 0 fully saturated rings. The molecule has 0 atom stereocenters. The Kier molecular flexibility index (Phi) is 8.21. The fraction of sp³-hybridized carbons (Fsp3) is 0.417. The number of amides is 1. The van der Waals surface area contributed by atoms with Crippen LogP contribution < -0.4 is 25.6 Å². The zero-order valence-corrected chi connectivity index (χ0v) is 19.2. The number of hydrogen-bond acceptors (Lipinski definition) is 5. The topological polar surface area (TPSA) is 89.2 Å². The Morgan fingerprint density at radius 2 is 1.88 bits per heavy atom. The summed E-state index contributed by atoms with van der Waals surface area (Å²) in [6.07, 6.45) is 1.69. The van der Waals surface area contributed by atoms with Gasteiger partial charge in [-0.05, 0) is 44.0 Å². The van der Waals surface area contributed by atoms with Gasteiger partial charge in [0.05, 0.1) is 17.8 Å². The van der Waals surface area contributed by atoms with Crippen LogP contribution in [-0.4, -0.2) is 31.0 Å². The van der Waals surface area contributed by atoms with Gasteiger partial charge in [-0.25, -0.2) is 14.6 Å². The number of rotatable bonds is 8. The molecule has 0 saturated carbocycles. The Bertz CT molecular complexity index is 1030. The van der Waals surface area contributed by atoms with E-state index in [4.69, 9.17) is 15.3 Å². The molecule has 0 radical (unpaired) electrons. The average Bonchev–Trinajstić information content (AvgIpc) is 2.80. The van der Waals surface area contributed by atoms with Gasteiger partial charge in [0, 0.05) is 18.5 Å². The molecule has 0 saturated heterocycles. The van der Waals surface area contributed by atoms with Crippen molar-refractivity contribution in [1.82, 2.24) is 5.43 Å². The minimum absolute atomic E-state index is 0.0157. The lowest BCUT2D eigenvalue weighted by Crippen LogP contribution is -2.34. The number of carbonyl (C=O) groups is 1. The summed E-state index contributed by atoms with van der Waals surface area (Å²) in [5, 5.41) is 0. The van der Waals surface area contributed by atoms with E-state index in [9.17, 15) is 13.6 Å². The van der Waals surface area contributed by atoms with Gasteiger partial charge in [-0.15, -0.1) is 0 Å². The van der Waals surface area contributed by atoms with Gasteiger partial charge in [0.25, 0.3) is 0 Å². The second kappa shape index (κ2) is 11.1. The minimum atomic E-state index is -0.848. The molecule has 2 aromatic carbocycles. The Hall–Kier alpha value is -3.20. The number of halogens is 2. The molecule has 9 heteroatoms. The first-order chi connectivity index (χ1) is 15.8. The Balaban J connectivity index is 2.03. The van der Waals surface area contributed by atoms with Crippen LogP contribution in [0.4, 0.5) is 14.5 Å². The molecule has 1 aliphatic heterocycles. The van der Waals surface area contributed by atoms with Crippen molar-refractivity contribution in [3.8, 4) is 11.5 Å². The third-order valence-electron chi connectivity index (χ3n) is 5.10. The van der Waals surface area contributed by atoms with Crippen molar-refractivity contribution in [2.75, 3.05) is 18.1 Å². The van der Waals surface area contributed by atoms with Gasteiger partial charge in [-0.3, -0.25) is 9.79 Å². The quantitative estimate of drug-likeness (QED) is 0.268. The maximum Gasteiger partial charge on any atom is 0.227 e. The largest absolute Gasteiger partial charge is 0.486 e. The smallest absolute Gasteiger partial charge is 0.227 e. The Labute approximate surface area is 192 Å². The predicted octanol–water partition coefficient (Wildman–Crippen LogP) is 4.08. The van der Waals surface area contributed by atoms with Crippen LogP contribution in [-0.2, 0) is 11.3 Å². The van der Waals surface area contributed by atoms with E-state index in [1.54, 1.807) is 18.2 Å². The number of hydrogen-bond donors (Lipinski definition) is 2. The summed E-state index contributed by atoms with van der Waals surface area (Å²) >= 11 is 0. The van der Waals surface area contributed by atoms with E-state index in [2.05, 4.69) is 10.4 Å². The number of carbonyl (C=O) groups excluding carboxylic acids is 1. The highest BCUT2D eigenvalue weighted by Gasteiger charge is 2.24.